The predicted molar refractivity (Wildman–Crippen MR) is 142 cm³/mol. The van der Waals surface area contributed by atoms with Gasteiger partial charge in [-0.2, -0.15) is 0 Å². The highest BCUT2D eigenvalue weighted by Crippen LogP contribution is 2.46. The molecule has 4 aromatic rings. The van der Waals surface area contributed by atoms with Crippen molar-refractivity contribution >= 4 is 34.6 Å². The Morgan fingerprint density at radius 1 is 1.22 bits per heavy atom. The van der Waals surface area contributed by atoms with E-state index >= 15 is 0 Å². The highest BCUT2D eigenvalue weighted by molar-refractivity contribution is 7.16. The molecule has 1 amide bonds. The van der Waals surface area contributed by atoms with Crippen LogP contribution in [0.2, 0.25) is 5.02 Å². The van der Waals surface area contributed by atoms with Crippen molar-refractivity contribution < 1.29 is 9.32 Å². The number of hydrogen-bond donors (Lipinski definition) is 1. The van der Waals surface area contributed by atoms with E-state index in [1.54, 1.807) is 23.9 Å². The Morgan fingerprint density at radius 2 is 2.00 bits per heavy atom. The Morgan fingerprint density at radius 3 is 2.69 bits per heavy atom. The normalized spacial score (nSPS) is 14.2. The SMILES string of the molecule is CCNC(=O)C[C@@H]1N=C(c2ccc(Cl)cc2)c2c(sc(C#Cc3cncn3C)c2C)-c2c(C)noc21. The van der Waals surface area contributed by atoms with Gasteiger partial charge in [0.25, 0.3) is 0 Å². The molecule has 1 aliphatic heterocycles. The van der Waals surface area contributed by atoms with Crippen molar-refractivity contribution in [2.45, 2.75) is 33.2 Å². The van der Waals surface area contributed by atoms with Crippen LogP contribution in [0.25, 0.3) is 10.4 Å². The first-order valence-corrected chi connectivity index (χ1v) is 12.8. The van der Waals surface area contributed by atoms with Crippen LogP contribution in [-0.2, 0) is 11.8 Å². The van der Waals surface area contributed by atoms with E-state index < -0.39 is 6.04 Å². The number of thiophene rings is 1. The van der Waals surface area contributed by atoms with Crippen LogP contribution in [0.15, 0.2) is 46.3 Å². The third kappa shape index (κ3) is 4.36. The van der Waals surface area contributed by atoms with Crippen LogP contribution in [0.5, 0.6) is 0 Å². The molecule has 0 bridgehead atoms. The number of carbonyl (C=O) groups excluding carboxylic acids is 1. The molecule has 0 aliphatic carbocycles. The van der Waals surface area contributed by atoms with E-state index in [2.05, 4.69) is 34.2 Å². The van der Waals surface area contributed by atoms with Crippen LogP contribution < -0.4 is 5.32 Å². The number of aryl methyl sites for hydroxylation is 2. The van der Waals surface area contributed by atoms with Crippen molar-refractivity contribution in [3.05, 3.63) is 80.5 Å². The maximum atomic E-state index is 12.6. The molecule has 1 N–H and O–H groups in total. The number of rotatable bonds is 4. The number of nitrogens with one attached hydrogen (secondary N) is 1. The monoisotopic (exact) mass is 517 g/mol. The lowest BCUT2D eigenvalue weighted by Gasteiger charge is -2.12. The fraction of sp³-hybridized carbons (Fsp3) is 0.259. The van der Waals surface area contributed by atoms with Gasteiger partial charge in [-0.25, -0.2) is 4.98 Å². The number of hydrogen-bond acceptors (Lipinski definition) is 6. The fourth-order valence-electron chi connectivity index (χ4n) is 4.27. The number of imidazole rings is 1. The third-order valence-corrected chi connectivity index (χ3v) is 7.56. The van der Waals surface area contributed by atoms with E-state index in [-0.39, 0.29) is 12.3 Å². The quantitative estimate of drug-likeness (QED) is 0.376. The zero-order valence-corrected chi connectivity index (χ0v) is 21.9. The minimum Gasteiger partial charge on any atom is -0.358 e. The average molecular weight is 518 g/mol. The number of nitrogens with zero attached hydrogens (tertiary/aromatic N) is 4. The second kappa shape index (κ2) is 9.76. The second-order valence-corrected chi connectivity index (χ2v) is 10.0. The van der Waals surface area contributed by atoms with E-state index in [4.69, 9.17) is 21.1 Å². The second-order valence-electron chi connectivity index (χ2n) is 8.57. The summed E-state index contributed by atoms with van der Waals surface area (Å²) >= 11 is 7.78. The molecule has 1 aromatic carbocycles. The minimum atomic E-state index is -0.513. The maximum Gasteiger partial charge on any atom is 0.222 e. The molecule has 1 aliphatic rings. The van der Waals surface area contributed by atoms with Crippen LogP contribution in [0.1, 0.15) is 58.1 Å². The van der Waals surface area contributed by atoms with Crippen LogP contribution in [0, 0.1) is 25.7 Å². The topological polar surface area (TPSA) is 85.3 Å². The van der Waals surface area contributed by atoms with Gasteiger partial charge in [-0.1, -0.05) is 28.9 Å². The number of aliphatic imine (C=N–C) groups is 1. The molecule has 9 heteroatoms. The van der Waals surface area contributed by atoms with Gasteiger partial charge in [-0.15, -0.1) is 11.3 Å². The first-order valence-electron chi connectivity index (χ1n) is 11.6. The van der Waals surface area contributed by atoms with Crippen molar-refractivity contribution in [1.29, 1.82) is 0 Å². The van der Waals surface area contributed by atoms with Gasteiger partial charge in [0.1, 0.15) is 11.7 Å². The first-order chi connectivity index (χ1) is 17.4. The molecule has 0 unspecified atom stereocenters. The molecule has 7 nitrogen and oxygen atoms in total. The number of benzene rings is 1. The van der Waals surface area contributed by atoms with Crippen molar-refractivity contribution in [2.24, 2.45) is 12.0 Å². The Bertz CT molecular complexity index is 1550. The molecular weight excluding hydrogens is 494 g/mol. The molecule has 1 atom stereocenters. The van der Waals surface area contributed by atoms with Gasteiger partial charge in [0.2, 0.25) is 5.91 Å². The zero-order valence-electron chi connectivity index (χ0n) is 20.3. The summed E-state index contributed by atoms with van der Waals surface area (Å²) in [4.78, 5) is 23.8. The Labute approximate surface area is 218 Å². The molecule has 36 heavy (non-hydrogen) atoms. The Kier molecular flexibility index (Phi) is 6.52. The van der Waals surface area contributed by atoms with Gasteiger partial charge in [0.05, 0.1) is 45.7 Å². The van der Waals surface area contributed by atoms with Crippen LogP contribution in [-0.4, -0.2) is 32.9 Å². The first kappa shape index (κ1) is 24.0. The van der Waals surface area contributed by atoms with Gasteiger partial charge in [-0.3, -0.25) is 9.79 Å². The molecule has 0 fully saturated rings. The third-order valence-electron chi connectivity index (χ3n) is 6.08. The van der Waals surface area contributed by atoms with E-state index in [0.717, 1.165) is 49.1 Å². The number of aromatic nitrogens is 3. The molecular formula is C27H24ClN5O2S. The van der Waals surface area contributed by atoms with Gasteiger partial charge >= 0.3 is 0 Å². The summed E-state index contributed by atoms with van der Waals surface area (Å²) in [7, 11) is 1.92. The molecule has 3 aromatic heterocycles. The van der Waals surface area contributed by atoms with E-state index in [0.29, 0.717) is 17.3 Å². The van der Waals surface area contributed by atoms with E-state index in [1.807, 2.05) is 49.7 Å². The highest BCUT2D eigenvalue weighted by atomic mass is 35.5. The Balaban J connectivity index is 1.73. The molecule has 0 saturated heterocycles. The van der Waals surface area contributed by atoms with Crippen molar-refractivity contribution in [1.82, 2.24) is 20.0 Å². The lowest BCUT2D eigenvalue weighted by Crippen LogP contribution is -2.24. The number of halogens is 1. The zero-order chi connectivity index (χ0) is 25.4. The van der Waals surface area contributed by atoms with Crippen molar-refractivity contribution in [3.8, 4) is 22.3 Å². The summed E-state index contributed by atoms with van der Waals surface area (Å²) in [6.07, 6.45) is 3.64. The predicted octanol–water partition coefficient (Wildman–Crippen LogP) is 5.22. The van der Waals surface area contributed by atoms with Gasteiger partial charge in [-0.05, 0) is 50.3 Å². The lowest BCUT2D eigenvalue weighted by molar-refractivity contribution is -0.121. The number of fused-ring (bicyclic) bond motifs is 3. The van der Waals surface area contributed by atoms with Crippen LogP contribution in [0.4, 0.5) is 0 Å². The fourth-order valence-corrected chi connectivity index (χ4v) is 5.66. The molecule has 0 saturated carbocycles. The smallest absolute Gasteiger partial charge is 0.222 e. The summed E-state index contributed by atoms with van der Waals surface area (Å²) in [6.45, 7) is 6.42. The van der Waals surface area contributed by atoms with Crippen molar-refractivity contribution in [3.63, 3.8) is 0 Å². The summed E-state index contributed by atoms with van der Waals surface area (Å²) < 4.78 is 7.69. The average Bonchev–Trinajstić information content (AvgIpc) is 3.50. The lowest BCUT2D eigenvalue weighted by atomic mass is 9.96. The van der Waals surface area contributed by atoms with E-state index in [9.17, 15) is 4.79 Å². The highest BCUT2D eigenvalue weighted by Gasteiger charge is 2.34. The number of amides is 1. The number of carbonyl (C=O) groups is 1. The minimum absolute atomic E-state index is 0.0913. The maximum absolute atomic E-state index is 12.6. The molecule has 182 valence electrons. The summed E-state index contributed by atoms with van der Waals surface area (Å²) in [5.74, 6) is 7.07. The van der Waals surface area contributed by atoms with Gasteiger partial charge in [0, 0.05) is 29.7 Å². The van der Waals surface area contributed by atoms with Crippen LogP contribution >= 0.6 is 22.9 Å². The molecule has 0 spiro atoms. The van der Waals surface area contributed by atoms with Gasteiger partial charge < -0.3 is 14.4 Å². The molecule has 5 rings (SSSR count). The van der Waals surface area contributed by atoms with Crippen molar-refractivity contribution in [2.75, 3.05) is 6.54 Å². The summed E-state index contributed by atoms with van der Waals surface area (Å²) in [5, 5.41) is 7.77. The van der Waals surface area contributed by atoms with Crippen LogP contribution in [0.3, 0.4) is 0 Å². The van der Waals surface area contributed by atoms with Gasteiger partial charge in [0.15, 0.2) is 5.76 Å². The standard InChI is InChI=1S/C27H24ClN5O2S/c1-5-30-22(34)12-20-26-24(16(3)32-35-26)27-23(25(31-20)17-6-8-18(28)9-7-17)15(2)21(36-27)11-10-19-13-29-14-33(19)4/h6-9,13-14,20H,5,12H2,1-4H3,(H,30,34)/t20-/m0/s1. The Hall–Kier alpha value is -3.67. The molecule has 4 heterocycles. The van der Waals surface area contributed by atoms with E-state index in [1.165, 1.54) is 0 Å². The molecule has 0 radical (unpaired) electrons. The summed E-state index contributed by atoms with van der Waals surface area (Å²) in [6, 6.07) is 7.08. The summed E-state index contributed by atoms with van der Waals surface area (Å²) in [5.41, 5.74) is 6.15. The largest absolute Gasteiger partial charge is 0.358 e.